The van der Waals surface area contributed by atoms with Crippen molar-refractivity contribution in [3.63, 3.8) is 0 Å². The first kappa shape index (κ1) is 9.89. The normalized spacial score (nSPS) is 12.2. The highest BCUT2D eigenvalue weighted by molar-refractivity contribution is 6.64. The van der Waals surface area contributed by atoms with Crippen LogP contribution in [0.1, 0.15) is 22.0 Å². The first-order chi connectivity index (χ1) is 6.16. The number of hydrogen-bond acceptors (Lipinski definition) is 3. The number of hydrogen-bond donors (Lipinski definition) is 1. The van der Waals surface area contributed by atoms with Crippen molar-refractivity contribution in [2.75, 3.05) is 0 Å². The fraction of sp³-hybridized carbons (Fsp3) is 0.111. The summed E-state index contributed by atoms with van der Waals surface area (Å²) in [5.74, 6) is 0. The van der Waals surface area contributed by atoms with Crippen LogP contribution in [0.15, 0.2) is 24.3 Å². The Hall–Kier alpha value is -1.19. The Morgan fingerprint density at radius 3 is 2.62 bits per heavy atom. The standard InChI is InChI=1S/C9H7ClO3/c10-9(13)8(12)7-4-2-1-3-6(7)5-11/h1-5,8,12H. The van der Waals surface area contributed by atoms with Crippen molar-refractivity contribution >= 4 is 23.1 Å². The van der Waals surface area contributed by atoms with Crippen molar-refractivity contribution in [3.05, 3.63) is 35.4 Å². The monoisotopic (exact) mass is 198 g/mol. The zero-order chi connectivity index (χ0) is 9.84. The average molecular weight is 199 g/mol. The van der Waals surface area contributed by atoms with E-state index in [1.165, 1.54) is 12.1 Å². The largest absolute Gasteiger partial charge is 0.379 e. The van der Waals surface area contributed by atoms with Crippen LogP contribution < -0.4 is 0 Å². The van der Waals surface area contributed by atoms with Gasteiger partial charge in [-0.05, 0) is 17.2 Å². The van der Waals surface area contributed by atoms with Gasteiger partial charge in [-0.3, -0.25) is 9.59 Å². The third-order valence-corrected chi connectivity index (χ3v) is 1.84. The maximum absolute atomic E-state index is 10.6. The van der Waals surface area contributed by atoms with Crippen LogP contribution in [0.2, 0.25) is 0 Å². The van der Waals surface area contributed by atoms with Crippen molar-refractivity contribution in [3.8, 4) is 0 Å². The highest BCUT2D eigenvalue weighted by atomic mass is 35.5. The van der Waals surface area contributed by atoms with E-state index in [0.29, 0.717) is 6.29 Å². The van der Waals surface area contributed by atoms with E-state index in [1.807, 2.05) is 0 Å². The van der Waals surface area contributed by atoms with Crippen LogP contribution in [0.5, 0.6) is 0 Å². The molecule has 13 heavy (non-hydrogen) atoms. The van der Waals surface area contributed by atoms with Crippen LogP contribution in [0.4, 0.5) is 0 Å². The van der Waals surface area contributed by atoms with E-state index in [-0.39, 0.29) is 11.1 Å². The quantitative estimate of drug-likeness (QED) is 0.588. The molecule has 0 spiro atoms. The number of aliphatic hydroxyl groups is 1. The van der Waals surface area contributed by atoms with Crippen molar-refractivity contribution in [2.45, 2.75) is 6.10 Å². The van der Waals surface area contributed by atoms with Gasteiger partial charge in [-0.15, -0.1) is 0 Å². The maximum Gasteiger partial charge on any atom is 0.254 e. The smallest absolute Gasteiger partial charge is 0.254 e. The summed E-state index contributed by atoms with van der Waals surface area (Å²) in [6, 6.07) is 6.24. The predicted molar refractivity (Wildman–Crippen MR) is 47.6 cm³/mol. The minimum absolute atomic E-state index is 0.234. The van der Waals surface area contributed by atoms with Crippen LogP contribution in [-0.4, -0.2) is 16.6 Å². The number of carbonyl (C=O) groups excluding carboxylic acids is 2. The summed E-state index contributed by atoms with van der Waals surface area (Å²) in [5, 5.41) is 8.38. The third-order valence-electron chi connectivity index (χ3n) is 1.63. The second kappa shape index (κ2) is 4.16. The number of rotatable bonds is 3. The van der Waals surface area contributed by atoms with Gasteiger partial charge in [-0.1, -0.05) is 24.3 Å². The van der Waals surface area contributed by atoms with E-state index in [9.17, 15) is 14.7 Å². The van der Waals surface area contributed by atoms with Crippen LogP contribution in [0.3, 0.4) is 0 Å². The van der Waals surface area contributed by atoms with Crippen LogP contribution in [-0.2, 0) is 4.79 Å². The predicted octanol–water partition coefficient (Wildman–Crippen LogP) is 1.30. The molecule has 1 atom stereocenters. The summed E-state index contributed by atoms with van der Waals surface area (Å²) < 4.78 is 0. The molecular weight excluding hydrogens is 192 g/mol. The van der Waals surface area contributed by atoms with Gasteiger partial charge in [-0.2, -0.15) is 0 Å². The third kappa shape index (κ3) is 2.14. The summed E-state index contributed by atoms with van der Waals surface area (Å²) in [7, 11) is 0. The molecule has 4 heteroatoms. The molecule has 1 unspecified atom stereocenters. The molecule has 0 aromatic heterocycles. The summed E-state index contributed by atoms with van der Waals surface area (Å²) in [6.07, 6.45) is -0.860. The molecule has 0 radical (unpaired) electrons. The molecule has 0 amide bonds. The molecule has 68 valence electrons. The molecule has 0 heterocycles. The van der Waals surface area contributed by atoms with Crippen LogP contribution in [0, 0.1) is 0 Å². The molecule has 1 aromatic rings. The number of carbonyl (C=O) groups is 2. The molecule has 0 saturated carbocycles. The Labute approximate surface area is 79.9 Å². The number of benzene rings is 1. The molecule has 1 aromatic carbocycles. The summed E-state index contributed by atoms with van der Waals surface area (Å²) in [6.45, 7) is 0. The highest BCUT2D eigenvalue weighted by Gasteiger charge is 2.17. The fourth-order valence-electron chi connectivity index (χ4n) is 0.989. The molecule has 0 aliphatic rings. The van der Waals surface area contributed by atoms with Gasteiger partial charge in [-0.25, -0.2) is 0 Å². The number of aliphatic hydroxyl groups excluding tert-OH is 1. The van der Waals surface area contributed by atoms with Crippen LogP contribution in [0.25, 0.3) is 0 Å². The van der Waals surface area contributed by atoms with Gasteiger partial charge in [0, 0.05) is 5.56 Å². The summed E-state index contributed by atoms with van der Waals surface area (Å²) >= 11 is 5.09. The summed E-state index contributed by atoms with van der Waals surface area (Å²) in [4.78, 5) is 21.1. The zero-order valence-electron chi connectivity index (χ0n) is 6.61. The lowest BCUT2D eigenvalue weighted by molar-refractivity contribution is -0.119. The Morgan fingerprint density at radius 1 is 1.46 bits per heavy atom. The lowest BCUT2D eigenvalue weighted by atomic mass is 10.0. The minimum atomic E-state index is -1.43. The van der Waals surface area contributed by atoms with Gasteiger partial charge < -0.3 is 5.11 Å². The minimum Gasteiger partial charge on any atom is -0.379 e. The van der Waals surface area contributed by atoms with E-state index in [2.05, 4.69) is 0 Å². The number of halogens is 1. The van der Waals surface area contributed by atoms with Crippen LogP contribution >= 0.6 is 11.6 Å². The van der Waals surface area contributed by atoms with E-state index in [4.69, 9.17) is 11.6 Å². The molecule has 0 fully saturated rings. The molecule has 3 nitrogen and oxygen atoms in total. The molecule has 0 aliphatic carbocycles. The van der Waals surface area contributed by atoms with Crippen molar-refractivity contribution < 1.29 is 14.7 Å². The molecule has 0 bridgehead atoms. The zero-order valence-corrected chi connectivity index (χ0v) is 7.36. The van der Waals surface area contributed by atoms with E-state index >= 15 is 0 Å². The second-order valence-electron chi connectivity index (χ2n) is 2.45. The first-order valence-corrected chi connectivity index (χ1v) is 3.96. The Morgan fingerprint density at radius 2 is 2.08 bits per heavy atom. The van der Waals surface area contributed by atoms with Crippen molar-refractivity contribution in [1.82, 2.24) is 0 Å². The summed E-state index contributed by atoms with van der Waals surface area (Å²) in [5.41, 5.74) is 0.501. The molecular formula is C9H7ClO3. The number of aldehydes is 1. The second-order valence-corrected chi connectivity index (χ2v) is 2.83. The molecule has 1 N–H and O–H groups in total. The Kier molecular flexibility index (Phi) is 3.17. The molecule has 1 rings (SSSR count). The lowest BCUT2D eigenvalue weighted by Gasteiger charge is -2.07. The SMILES string of the molecule is O=Cc1ccccc1C(O)C(=O)Cl. The van der Waals surface area contributed by atoms with E-state index in [0.717, 1.165) is 0 Å². The molecule has 0 aliphatic heterocycles. The van der Waals surface area contributed by atoms with E-state index < -0.39 is 11.3 Å². The lowest BCUT2D eigenvalue weighted by Crippen LogP contribution is -2.07. The van der Waals surface area contributed by atoms with Gasteiger partial charge in [0.1, 0.15) is 6.29 Å². The van der Waals surface area contributed by atoms with E-state index in [1.54, 1.807) is 12.1 Å². The van der Waals surface area contributed by atoms with Crippen molar-refractivity contribution in [1.29, 1.82) is 0 Å². The van der Waals surface area contributed by atoms with Crippen molar-refractivity contribution in [2.24, 2.45) is 0 Å². The molecule has 0 saturated heterocycles. The van der Waals surface area contributed by atoms with Gasteiger partial charge in [0.2, 0.25) is 0 Å². The Bertz CT molecular complexity index is 335. The average Bonchev–Trinajstić information content (AvgIpc) is 2.16. The first-order valence-electron chi connectivity index (χ1n) is 3.58. The van der Waals surface area contributed by atoms with Gasteiger partial charge in [0.25, 0.3) is 5.24 Å². The topological polar surface area (TPSA) is 54.4 Å². The van der Waals surface area contributed by atoms with Gasteiger partial charge in [0.15, 0.2) is 6.10 Å². The fourth-order valence-corrected chi connectivity index (χ4v) is 1.11. The highest BCUT2D eigenvalue weighted by Crippen LogP contribution is 2.18. The maximum atomic E-state index is 10.6. The Balaban J connectivity index is 3.12. The van der Waals surface area contributed by atoms with Gasteiger partial charge in [0.05, 0.1) is 0 Å². The van der Waals surface area contributed by atoms with Gasteiger partial charge >= 0.3 is 0 Å².